The summed E-state index contributed by atoms with van der Waals surface area (Å²) in [7, 11) is 3.77. The van der Waals surface area contributed by atoms with Gasteiger partial charge in [-0.25, -0.2) is 0 Å². The van der Waals surface area contributed by atoms with Crippen LogP contribution in [0.15, 0.2) is 24.3 Å². The lowest BCUT2D eigenvalue weighted by molar-refractivity contribution is 0.415. The van der Waals surface area contributed by atoms with E-state index in [1.807, 2.05) is 12.1 Å². The van der Waals surface area contributed by atoms with Crippen LogP contribution >= 0.6 is 15.9 Å². The van der Waals surface area contributed by atoms with Gasteiger partial charge in [0.05, 0.1) is 7.11 Å². The van der Waals surface area contributed by atoms with Gasteiger partial charge in [-0.1, -0.05) is 15.9 Å². The van der Waals surface area contributed by atoms with Crippen molar-refractivity contribution in [3.05, 3.63) is 24.3 Å². The molecule has 0 saturated carbocycles. The van der Waals surface area contributed by atoms with Crippen LogP contribution in [-0.2, 0) is 0 Å². The van der Waals surface area contributed by atoms with Crippen LogP contribution in [-0.4, -0.2) is 25.5 Å². The Balaban J connectivity index is 2.75. The van der Waals surface area contributed by atoms with Gasteiger partial charge in [-0.15, -0.1) is 0 Å². The van der Waals surface area contributed by atoms with Crippen molar-refractivity contribution in [3.63, 3.8) is 0 Å². The van der Waals surface area contributed by atoms with Gasteiger partial charge in [0, 0.05) is 24.1 Å². The minimum atomic E-state index is 0.489. The van der Waals surface area contributed by atoms with Crippen molar-refractivity contribution in [1.82, 2.24) is 0 Å². The van der Waals surface area contributed by atoms with Crippen molar-refractivity contribution >= 4 is 21.6 Å². The van der Waals surface area contributed by atoms with Gasteiger partial charge in [-0.05, 0) is 31.2 Å². The fourth-order valence-electron chi connectivity index (χ4n) is 1.18. The molecule has 1 unspecified atom stereocenters. The second-order valence-electron chi connectivity index (χ2n) is 3.31. The summed E-state index contributed by atoms with van der Waals surface area (Å²) in [5.74, 6) is 0.897. The highest BCUT2D eigenvalue weighted by Gasteiger charge is 2.07. The first kappa shape index (κ1) is 11.4. The molecule has 0 aliphatic carbocycles. The first-order valence-corrected chi connectivity index (χ1v) is 5.74. The predicted octanol–water partition coefficient (Wildman–Crippen LogP) is 2.91. The average Bonchev–Trinajstić information content (AvgIpc) is 2.27. The zero-order valence-corrected chi connectivity index (χ0v) is 10.4. The number of methoxy groups -OCH3 is 1. The fourth-order valence-corrected chi connectivity index (χ4v) is 1.61. The summed E-state index contributed by atoms with van der Waals surface area (Å²) in [6.45, 7) is 2.18. The zero-order valence-electron chi connectivity index (χ0n) is 8.83. The molecule has 1 aromatic rings. The van der Waals surface area contributed by atoms with Crippen molar-refractivity contribution < 1.29 is 4.74 Å². The van der Waals surface area contributed by atoms with E-state index in [4.69, 9.17) is 4.74 Å². The van der Waals surface area contributed by atoms with Crippen LogP contribution in [0.25, 0.3) is 0 Å². The smallest absolute Gasteiger partial charge is 0.119 e. The highest BCUT2D eigenvalue weighted by atomic mass is 79.9. The maximum atomic E-state index is 5.11. The Labute approximate surface area is 94.0 Å². The molecule has 0 aliphatic rings. The fraction of sp³-hybridized carbons (Fsp3) is 0.455. The van der Waals surface area contributed by atoms with E-state index in [2.05, 4.69) is 46.9 Å². The van der Waals surface area contributed by atoms with Gasteiger partial charge in [0.1, 0.15) is 5.75 Å². The Hall–Kier alpha value is -0.700. The van der Waals surface area contributed by atoms with Crippen LogP contribution in [0.1, 0.15) is 6.92 Å². The summed E-state index contributed by atoms with van der Waals surface area (Å²) in [6.07, 6.45) is 0. The molecule has 0 radical (unpaired) electrons. The van der Waals surface area contributed by atoms with Crippen LogP contribution < -0.4 is 9.64 Å². The van der Waals surface area contributed by atoms with Gasteiger partial charge in [0.2, 0.25) is 0 Å². The van der Waals surface area contributed by atoms with Crippen LogP contribution in [0.5, 0.6) is 5.75 Å². The number of halogens is 1. The summed E-state index contributed by atoms with van der Waals surface area (Å²) in [6, 6.07) is 8.58. The van der Waals surface area contributed by atoms with Crippen molar-refractivity contribution in [2.75, 3.05) is 24.4 Å². The molecule has 2 nitrogen and oxygen atoms in total. The monoisotopic (exact) mass is 257 g/mol. The minimum absolute atomic E-state index is 0.489. The van der Waals surface area contributed by atoms with Crippen molar-refractivity contribution in [2.24, 2.45) is 0 Å². The highest BCUT2D eigenvalue weighted by Crippen LogP contribution is 2.20. The quantitative estimate of drug-likeness (QED) is 0.770. The minimum Gasteiger partial charge on any atom is -0.497 e. The third kappa shape index (κ3) is 2.64. The lowest BCUT2D eigenvalue weighted by Gasteiger charge is -2.25. The van der Waals surface area contributed by atoms with E-state index in [1.54, 1.807) is 7.11 Å². The number of ether oxygens (including phenoxy) is 1. The summed E-state index contributed by atoms with van der Waals surface area (Å²) in [4.78, 5) is 2.23. The largest absolute Gasteiger partial charge is 0.497 e. The molecule has 0 aliphatic heterocycles. The van der Waals surface area contributed by atoms with E-state index in [-0.39, 0.29) is 0 Å². The lowest BCUT2D eigenvalue weighted by atomic mass is 10.2. The Morgan fingerprint density at radius 3 is 2.36 bits per heavy atom. The topological polar surface area (TPSA) is 12.5 Å². The SMILES string of the molecule is COc1ccc(N(C)C(C)CBr)cc1. The van der Waals surface area contributed by atoms with Gasteiger partial charge in [0.25, 0.3) is 0 Å². The van der Waals surface area contributed by atoms with Gasteiger partial charge >= 0.3 is 0 Å². The number of nitrogens with zero attached hydrogens (tertiary/aromatic N) is 1. The lowest BCUT2D eigenvalue weighted by Crippen LogP contribution is -2.29. The Bertz CT molecular complexity index is 273. The van der Waals surface area contributed by atoms with Crippen LogP contribution in [0.3, 0.4) is 0 Å². The Morgan fingerprint density at radius 2 is 1.93 bits per heavy atom. The number of hydrogen-bond donors (Lipinski definition) is 0. The highest BCUT2D eigenvalue weighted by molar-refractivity contribution is 9.09. The summed E-state index contributed by atoms with van der Waals surface area (Å²) < 4.78 is 5.11. The predicted molar refractivity (Wildman–Crippen MR) is 64.7 cm³/mol. The molecule has 3 heteroatoms. The Kier molecular flexibility index (Phi) is 4.26. The normalized spacial score (nSPS) is 12.3. The molecule has 1 atom stereocenters. The van der Waals surface area contributed by atoms with Gasteiger partial charge in [-0.2, -0.15) is 0 Å². The zero-order chi connectivity index (χ0) is 10.6. The summed E-state index contributed by atoms with van der Waals surface area (Å²) >= 11 is 3.47. The first-order valence-electron chi connectivity index (χ1n) is 4.62. The first-order chi connectivity index (χ1) is 6.69. The summed E-state index contributed by atoms with van der Waals surface area (Å²) in [5, 5.41) is 0.968. The molecule has 1 aromatic carbocycles. The molecule has 0 spiro atoms. The van der Waals surface area contributed by atoms with Gasteiger partial charge in [0.15, 0.2) is 0 Å². The molecule has 0 heterocycles. The molecular weight excluding hydrogens is 242 g/mol. The Morgan fingerprint density at radius 1 is 1.36 bits per heavy atom. The van der Waals surface area contributed by atoms with Crippen molar-refractivity contribution in [1.29, 1.82) is 0 Å². The van der Waals surface area contributed by atoms with E-state index in [1.165, 1.54) is 5.69 Å². The second kappa shape index (κ2) is 5.25. The molecule has 14 heavy (non-hydrogen) atoms. The molecule has 0 N–H and O–H groups in total. The maximum Gasteiger partial charge on any atom is 0.119 e. The summed E-state index contributed by atoms with van der Waals surface area (Å²) in [5.41, 5.74) is 1.21. The number of rotatable bonds is 4. The molecule has 0 fully saturated rings. The average molecular weight is 258 g/mol. The molecule has 0 bridgehead atoms. The van der Waals surface area contributed by atoms with Crippen molar-refractivity contribution in [2.45, 2.75) is 13.0 Å². The molecule has 0 amide bonds. The number of benzene rings is 1. The van der Waals surface area contributed by atoms with E-state index in [0.29, 0.717) is 6.04 Å². The van der Waals surface area contributed by atoms with Crippen LogP contribution in [0.2, 0.25) is 0 Å². The molecule has 0 saturated heterocycles. The van der Waals surface area contributed by atoms with Gasteiger partial charge < -0.3 is 9.64 Å². The van der Waals surface area contributed by atoms with E-state index >= 15 is 0 Å². The molecular formula is C11H16BrNO. The number of alkyl halides is 1. The van der Waals surface area contributed by atoms with E-state index in [9.17, 15) is 0 Å². The molecule has 0 aromatic heterocycles. The van der Waals surface area contributed by atoms with Crippen LogP contribution in [0, 0.1) is 0 Å². The molecule has 78 valence electrons. The standard InChI is InChI=1S/C11H16BrNO/c1-9(8-12)13(2)10-4-6-11(14-3)7-5-10/h4-7,9H,8H2,1-3H3. The van der Waals surface area contributed by atoms with E-state index < -0.39 is 0 Å². The third-order valence-corrected chi connectivity index (χ3v) is 3.30. The van der Waals surface area contributed by atoms with Crippen LogP contribution in [0.4, 0.5) is 5.69 Å². The van der Waals surface area contributed by atoms with Crippen molar-refractivity contribution in [3.8, 4) is 5.75 Å². The second-order valence-corrected chi connectivity index (χ2v) is 3.96. The number of anilines is 1. The number of hydrogen-bond acceptors (Lipinski definition) is 2. The third-order valence-electron chi connectivity index (χ3n) is 2.36. The van der Waals surface area contributed by atoms with Gasteiger partial charge in [-0.3, -0.25) is 0 Å². The van der Waals surface area contributed by atoms with E-state index in [0.717, 1.165) is 11.1 Å². The maximum absolute atomic E-state index is 5.11. The molecule has 1 rings (SSSR count).